The second-order valence-electron chi connectivity index (χ2n) is 5.94. The third-order valence-corrected chi connectivity index (χ3v) is 4.61. The molecule has 0 aliphatic carbocycles. The number of nitrogens with zero attached hydrogens (tertiary/aromatic N) is 5. The smallest absolute Gasteiger partial charge is 0.277 e. The lowest BCUT2D eigenvalue weighted by Crippen LogP contribution is -2.24. The number of aromatic amines is 1. The van der Waals surface area contributed by atoms with Crippen molar-refractivity contribution in [3.05, 3.63) is 47.8 Å². The summed E-state index contributed by atoms with van der Waals surface area (Å²) in [5.41, 5.74) is 1.93. The molecule has 0 radical (unpaired) electrons. The van der Waals surface area contributed by atoms with Crippen LogP contribution in [0, 0.1) is 6.92 Å². The molecule has 0 unspecified atom stereocenters. The lowest BCUT2D eigenvalue weighted by atomic mass is 10.3. The van der Waals surface area contributed by atoms with Gasteiger partial charge in [0.1, 0.15) is 5.82 Å². The van der Waals surface area contributed by atoms with Crippen molar-refractivity contribution in [2.24, 2.45) is 0 Å². The van der Waals surface area contributed by atoms with Crippen LogP contribution in [0.25, 0.3) is 11.0 Å². The maximum atomic E-state index is 11.9. The summed E-state index contributed by atoms with van der Waals surface area (Å²) in [7, 11) is 0. The Hall–Kier alpha value is -3.21. The molecule has 4 aromatic rings. The Morgan fingerprint density at radius 1 is 1.11 bits per heavy atom. The number of carbonyl (C=O) groups excluding carboxylic acids is 1. The summed E-state index contributed by atoms with van der Waals surface area (Å²) < 4.78 is 10.8. The summed E-state index contributed by atoms with van der Waals surface area (Å²) in [5.74, 6) is 2.15. The first-order valence-corrected chi connectivity index (χ1v) is 9.59. The minimum atomic E-state index is -0.192. The zero-order valence-electron chi connectivity index (χ0n) is 15.0. The van der Waals surface area contributed by atoms with Gasteiger partial charge in [-0.15, -0.1) is 20.4 Å². The molecule has 1 amide bonds. The van der Waals surface area contributed by atoms with E-state index in [-0.39, 0.29) is 18.2 Å². The minimum absolute atomic E-state index is 0.151. The summed E-state index contributed by atoms with van der Waals surface area (Å²) in [6, 6.07) is 7.86. The van der Waals surface area contributed by atoms with Crippen molar-refractivity contribution < 1.29 is 13.6 Å². The van der Waals surface area contributed by atoms with Crippen LogP contribution in [0.2, 0.25) is 0 Å². The molecule has 0 bridgehead atoms. The molecular weight excluding hydrogens is 382 g/mol. The number of para-hydroxylation sites is 2. The van der Waals surface area contributed by atoms with Gasteiger partial charge in [0.05, 0.1) is 23.3 Å². The zero-order valence-corrected chi connectivity index (χ0v) is 15.8. The lowest BCUT2D eigenvalue weighted by molar-refractivity contribution is -0.118. The van der Waals surface area contributed by atoms with Crippen LogP contribution < -0.4 is 5.32 Å². The Morgan fingerprint density at radius 3 is 2.79 bits per heavy atom. The van der Waals surface area contributed by atoms with Gasteiger partial charge in [0, 0.05) is 19.8 Å². The van der Waals surface area contributed by atoms with E-state index in [2.05, 4.69) is 35.7 Å². The number of carbonyl (C=O) groups is 1. The van der Waals surface area contributed by atoms with Crippen molar-refractivity contribution in [1.29, 1.82) is 0 Å². The number of benzene rings is 1. The zero-order chi connectivity index (χ0) is 19.3. The number of fused-ring (bicyclic) bond motifs is 1. The molecule has 0 aliphatic heterocycles. The number of aryl methyl sites for hydroxylation is 3. The van der Waals surface area contributed by atoms with Gasteiger partial charge in [0.2, 0.25) is 23.6 Å². The van der Waals surface area contributed by atoms with Crippen LogP contribution in [0.5, 0.6) is 0 Å². The molecule has 144 valence electrons. The summed E-state index contributed by atoms with van der Waals surface area (Å²) in [6.45, 7) is 1.88. The van der Waals surface area contributed by atoms with Gasteiger partial charge in [-0.2, -0.15) is 0 Å². The van der Waals surface area contributed by atoms with E-state index in [1.807, 2.05) is 24.3 Å². The van der Waals surface area contributed by atoms with Crippen molar-refractivity contribution in [2.75, 3.05) is 5.75 Å². The predicted molar refractivity (Wildman–Crippen MR) is 99.4 cm³/mol. The SMILES string of the molecule is Cc1nnc(CNC(=O)CSc2nnc(CCc3nc4ccccc4[nH]3)o2)o1. The number of H-pyrrole nitrogens is 1. The molecule has 10 nitrogen and oxygen atoms in total. The van der Waals surface area contributed by atoms with Crippen LogP contribution in [-0.2, 0) is 24.2 Å². The number of aromatic nitrogens is 6. The molecule has 3 aromatic heterocycles. The normalized spacial score (nSPS) is 11.2. The number of thioether (sulfide) groups is 1. The molecule has 0 saturated carbocycles. The van der Waals surface area contributed by atoms with Gasteiger partial charge in [-0.3, -0.25) is 4.79 Å². The second kappa shape index (κ2) is 8.21. The van der Waals surface area contributed by atoms with E-state index in [1.165, 1.54) is 11.8 Å². The van der Waals surface area contributed by atoms with Crippen molar-refractivity contribution >= 4 is 28.7 Å². The molecule has 3 heterocycles. The number of nitrogens with one attached hydrogen (secondary N) is 2. The summed E-state index contributed by atoms with van der Waals surface area (Å²) in [6.07, 6.45) is 1.22. The quantitative estimate of drug-likeness (QED) is 0.425. The molecule has 11 heteroatoms. The Labute approximate surface area is 163 Å². The first-order chi connectivity index (χ1) is 13.7. The van der Waals surface area contributed by atoms with Gasteiger partial charge in [-0.1, -0.05) is 23.9 Å². The van der Waals surface area contributed by atoms with Crippen LogP contribution >= 0.6 is 11.8 Å². The van der Waals surface area contributed by atoms with Gasteiger partial charge in [-0.05, 0) is 12.1 Å². The minimum Gasteiger partial charge on any atom is -0.424 e. The highest BCUT2D eigenvalue weighted by Crippen LogP contribution is 2.17. The van der Waals surface area contributed by atoms with Crippen LogP contribution in [0.1, 0.15) is 23.5 Å². The summed E-state index contributed by atoms with van der Waals surface area (Å²) in [4.78, 5) is 19.7. The molecule has 1 aromatic carbocycles. The van der Waals surface area contributed by atoms with E-state index in [4.69, 9.17) is 8.83 Å². The molecule has 4 rings (SSSR count). The van der Waals surface area contributed by atoms with Crippen LogP contribution in [0.15, 0.2) is 38.3 Å². The predicted octanol–water partition coefficient (Wildman–Crippen LogP) is 1.83. The van der Waals surface area contributed by atoms with Gasteiger partial charge < -0.3 is 19.1 Å². The fraction of sp³-hybridized carbons (Fsp3) is 0.294. The number of imidazole rings is 1. The van der Waals surface area contributed by atoms with Gasteiger partial charge >= 0.3 is 0 Å². The lowest BCUT2D eigenvalue weighted by Gasteiger charge is -1.99. The highest BCUT2D eigenvalue weighted by atomic mass is 32.2. The van der Waals surface area contributed by atoms with Gasteiger partial charge in [0.15, 0.2) is 0 Å². The van der Waals surface area contributed by atoms with Crippen molar-refractivity contribution in [3.8, 4) is 0 Å². The van der Waals surface area contributed by atoms with E-state index in [0.29, 0.717) is 35.7 Å². The highest BCUT2D eigenvalue weighted by molar-refractivity contribution is 7.99. The number of amides is 1. The van der Waals surface area contributed by atoms with Crippen molar-refractivity contribution in [2.45, 2.75) is 31.5 Å². The Balaban J connectivity index is 1.23. The number of hydrogen-bond acceptors (Lipinski definition) is 9. The second-order valence-corrected chi connectivity index (χ2v) is 6.87. The van der Waals surface area contributed by atoms with E-state index < -0.39 is 0 Å². The molecule has 28 heavy (non-hydrogen) atoms. The topological polar surface area (TPSA) is 136 Å². The van der Waals surface area contributed by atoms with E-state index in [1.54, 1.807) is 6.92 Å². The third kappa shape index (κ3) is 4.55. The van der Waals surface area contributed by atoms with Gasteiger partial charge in [-0.25, -0.2) is 4.98 Å². The third-order valence-electron chi connectivity index (χ3n) is 3.79. The Morgan fingerprint density at radius 2 is 1.96 bits per heavy atom. The molecule has 0 fully saturated rings. The van der Waals surface area contributed by atoms with Crippen molar-refractivity contribution in [3.63, 3.8) is 0 Å². The summed E-state index contributed by atoms with van der Waals surface area (Å²) >= 11 is 1.17. The largest absolute Gasteiger partial charge is 0.424 e. The average Bonchev–Trinajstić information content (AvgIpc) is 3.42. The van der Waals surface area contributed by atoms with E-state index >= 15 is 0 Å². The monoisotopic (exact) mass is 399 g/mol. The van der Waals surface area contributed by atoms with Gasteiger partial charge in [0.25, 0.3) is 5.22 Å². The van der Waals surface area contributed by atoms with Crippen molar-refractivity contribution in [1.82, 2.24) is 35.7 Å². The number of rotatable bonds is 8. The number of hydrogen-bond donors (Lipinski definition) is 2. The fourth-order valence-electron chi connectivity index (χ4n) is 2.51. The summed E-state index contributed by atoms with van der Waals surface area (Å²) in [5, 5.41) is 18.5. The Kier molecular flexibility index (Phi) is 5.33. The molecule has 0 spiro atoms. The van der Waals surface area contributed by atoms with E-state index in [0.717, 1.165) is 16.9 Å². The van der Waals surface area contributed by atoms with Crippen LogP contribution in [-0.4, -0.2) is 42.0 Å². The fourth-order valence-corrected chi connectivity index (χ4v) is 3.12. The van der Waals surface area contributed by atoms with E-state index in [9.17, 15) is 4.79 Å². The molecule has 0 aliphatic rings. The average molecular weight is 399 g/mol. The first-order valence-electron chi connectivity index (χ1n) is 8.60. The standard InChI is InChI=1S/C17H17N7O3S/c1-10-21-23-16(26-10)8-18-14(25)9-28-17-24-22-15(27-17)7-6-13-19-11-4-2-3-5-12(11)20-13/h2-5H,6-9H2,1H3,(H,18,25)(H,19,20). The maximum Gasteiger partial charge on any atom is 0.277 e. The molecule has 0 atom stereocenters. The Bertz CT molecular complexity index is 1050. The van der Waals surface area contributed by atoms with Crippen LogP contribution in [0.4, 0.5) is 0 Å². The first kappa shape index (κ1) is 18.2. The maximum absolute atomic E-state index is 11.9. The molecule has 0 saturated heterocycles. The molecular formula is C17H17N7O3S. The highest BCUT2D eigenvalue weighted by Gasteiger charge is 2.12. The van der Waals surface area contributed by atoms with Crippen LogP contribution in [0.3, 0.4) is 0 Å². The molecule has 2 N–H and O–H groups in total.